The molecule has 0 radical (unpaired) electrons. The van der Waals surface area contributed by atoms with E-state index in [1.54, 1.807) is 14.0 Å². The van der Waals surface area contributed by atoms with Crippen LogP contribution in [-0.2, 0) is 20.8 Å². The second-order valence-electron chi connectivity index (χ2n) is 3.87. The van der Waals surface area contributed by atoms with Gasteiger partial charge in [0.15, 0.2) is 5.16 Å². The Bertz CT molecular complexity index is 527. The molecule has 0 fully saturated rings. The van der Waals surface area contributed by atoms with Gasteiger partial charge in [-0.25, -0.2) is 14.7 Å². The Labute approximate surface area is 125 Å². The number of alkyl carbamates (subject to hydrolysis) is 1. The standard InChI is InChI=1S/C11H18N4O5S/c1-3-20-11(18)12-8(16)7-21-10-14-13-9(17)15(10)5-4-6-19-2/h3-7H2,1-2H3,(H,13,17)(H,12,16,18). The normalized spacial score (nSPS) is 10.4. The molecule has 118 valence electrons. The molecule has 0 aliphatic carbocycles. The summed E-state index contributed by atoms with van der Waals surface area (Å²) < 4.78 is 10.9. The molecule has 1 aromatic rings. The molecular formula is C11H18N4O5S. The number of aromatic amines is 1. The van der Waals surface area contributed by atoms with Crippen LogP contribution < -0.4 is 11.0 Å². The molecule has 0 aliphatic rings. The number of thioether (sulfide) groups is 1. The van der Waals surface area contributed by atoms with Gasteiger partial charge in [0.05, 0.1) is 12.4 Å². The van der Waals surface area contributed by atoms with Crippen molar-refractivity contribution in [1.29, 1.82) is 0 Å². The van der Waals surface area contributed by atoms with Crippen molar-refractivity contribution in [2.75, 3.05) is 26.1 Å². The molecule has 0 bridgehead atoms. The molecule has 0 saturated carbocycles. The van der Waals surface area contributed by atoms with Crippen LogP contribution in [0.3, 0.4) is 0 Å². The summed E-state index contributed by atoms with van der Waals surface area (Å²) in [4.78, 5) is 34.1. The van der Waals surface area contributed by atoms with Crippen molar-refractivity contribution < 1.29 is 19.1 Å². The van der Waals surface area contributed by atoms with Gasteiger partial charge in [0, 0.05) is 20.3 Å². The van der Waals surface area contributed by atoms with Gasteiger partial charge >= 0.3 is 11.8 Å². The minimum Gasteiger partial charge on any atom is -0.450 e. The molecule has 0 unspecified atom stereocenters. The number of rotatable bonds is 8. The molecule has 2 N–H and O–H groups in total. The van der Waals surface area contributed by atoms with Gasteiger partial charge in [-0.05, 0) is 13.3 Å². The molecule has 0 aliphatic heterocycles. The topological polar surface area (TPSA) is 115 Å². The van der Waals surface area contributed by atoms with Gasteiger partial charge in [-0.1, -0.05) is 11.8 Å². The molecular weight excluding hydrogens is 300 g/mol. The molecule has 9 nitrogen and oxygen atoms in total. The van der Waals surface area contributed by atoms with E-state index in [-0.39, 0.29) is 18.0 Å². The summed E-state index contributed by atoms with van der Waals surface area (Å²) in [6.45, 7) is 2.78. The number of carbonyl (C=O) groups excluding carboxylic acids is 2. The van der Waals surface area contributed by atoms with Crippen molar-refractivity contribution in [1.82, 2.24) is 20.1 Å². The van der Waals surface area contributed by atoms with Crippen LogP contribution in [-0.4, -0.2) is 52.8 Å². The zero-order chi connectivity index (χ0) is 15.7. The van der Waals surface area contributed by atoms with Gasteiger partial charge in [0.1, 0.15) is 0 Å². The Morgan fingerprint density at radius 1 is 1.48 bits per heavy atom. The molecule has 0 saturated heterocycles. The largest absolute Gasteiger partial charge is 0.450 e. The van der Waals surface area contributed by atoms with Crippen LogP contribution in [0.15, 0.2) is 9.95 Å². The van der Waals surface area contributed by atoms with E-state index in [1.807, 2.05) is 0 Å². The minimum atomic E-state index is -0.789. The highest BCUT2D eigenvalue weighted by atomic mass is 32.2. The van der Waals surface area contributed by atoms with Gasteiger partial charge < -0.3 is 9.47 Å². The Morgan fingerprint density at radius 2 is 2.24 bits per heavy atom. The monoisotopic (exact) mass is 318 g/mol. The van der Waals surface area contributed by atoms with E-state index in [0.29, 0.717) is 24.7 Å². The third-order valence-electron chi connectivity index (χ3n) is 2.30. The SMILES string of the molecule is CCOC(=O)NC(=O)CSc1n[nH]c(=O)n1CCCOC. The fourth-order valence-corrected chi connectivity index (χ4v) is 2.20. The Kier molecular flexibility index (Phi) is 7.54. The maximum Gasteiger partial charge on any atom is 0.413 e. The molecule has 1 heterocycles. The second kappa shape index (κ2) is 9.19. The number of ether oxygens (including phenoxy) is 2. The summed E-state index contributed by atoms with van der Waals surface area (Å²) in [5.41, 5.74) is -0.348. The fraction of sp³-hybridized carbons (Fsp3) is 0.636. The predicted molar refractivity (Wildman–Crippen MR) is 75.2 cm³/mol. The first-order valence-electron chi connectivity index (χ1n) is 6.32. The predicted octanol–water partition coefficient (Wildman–Crippen LogP) is -0.0273. The van der Waals surface area contributed by atoms with Crippen LogP contribution in [0.2, 0.25) is 0 Å². The van der Waals surface area contributed by atoms with Gasteiger partial charge in [0.2, 0.25) is 5.91 Å². The van der Waals surface area contributed by atoms with Crippen molar-refractivity contribution in [3.63, 3.8) is 0 Å². The number of carbonyl (C=O) groups is 2. The van der Waals surface area contributed by atoms with E-state index in [4.69, 9.17) is 4.74 Å². The minimum absolute atomic E-state index is 0.0482. The summed E-state index contributed by atoms with van der Waals surface area (Å²) in [6.07, 6.45) is -0.138. The number of hydrogen-bond acceptors (Lipinski definition) is 7. The Morgan fingerprint density at radius 3 is 2.90 bits per heavy atom. The van der Waals surface area contributed by atoms with E-state index < -0.39 is 12.0 Å². The van der Waals surface area contributed by atoms with Crippen LogP contribution in [0.5, 0.6) is 0 Å². The van der Waals surface area contributed by atoms with Crippen LogP contribution >= 0.6 is 11.8 Å². The maximum absolute atomic E-state index is 11.6. The number of H-pyrrole nitrogens is 1. The number of imide groups is 1. The highest BCUT2D eigenvalue weighted by Crippen LogP contribution is 2.12. The van der Waals surface area contributed by atoms with Gasteiger partial charge in [-0.15, -0.1) is 5.10 Å². The third-order valence-corrected chi connectivity index (χ3v) is 3.28. The quantitative estimate of drug-likeness (QED) is 0.511. The van der Waals surface area contributed by atoms with Crippen molar-refractivity contribution in [2.24, 2.45) is 0 Å². The Hall–Kier alpha value is -1.81. The number of nitrogens with one attached hydrogen (secondary N) is 2. The van der Waals surface area contributed by atoms with Gasteiger partial charge in [0.25, 0.3) is 0 Å². The highest BCUT2D eigenvalue weighted by Gasteiger charge is 2.13. The van der Waals surface area contributed by atoms with Crippen LogP contribution in [0.25, 0.3) is 0 Å². The van der Waals surface area contributed by atoms with E-state index >= 15 is 0 Å². The lowest BCUT2D eigenvalue weighted by Crippen LogP contribution is -2.32. The zero-order valence-electron chi connectivity index (χ0n) is 11.9. The molecule has 0 spiro atoms. The lowest BCUT2D eigenvalue weighted by molar-refractivity contribution is -0.117. The van der Waals surface area contributed by atoms with Crippen molar-refractivity contribution >= 4 is 23.8 Å². The van der Waals surface area contributed by atoms with Crippen LogP contribution in [0.1, 0.15) is 13.3 Å². The molecule has 1 rings (SSSR count). The number of nitrogens with zero attached hydrogens (tertiary/aromatic N) is 2. The van der Waals surface area contributed by atoms with Crippen molar-refractivity contribution in [3.8, 4) is 0 Å². The van der Waals surface area contributed by atoms with E-state index in [9.17, 15) is 14.4 Å². The van der Waals surface area contributed by atoms with Gasteiger partial charge in [-0.2, -0.15) is 0 Å². The smallest absolute Gasteiger partial charge is 0.413 e. The Balaban J connectivity index is 2.49. The summed E-state index contributed by atoms with van der Waals surface area (Å²) in [5.74, 6) is -0.565. The average Bonchev–Trinajstić information content (AvgIpc) is 2.78. The molecule has 0 atom stereocenters. The second-order valence-corrected chi connectivity index (χ2v) is 4.81. The maximum atomic E-state index is 11.6. The molecule has 1 aromatic heterocycles. The number of amides is 2. The first-order chi connectivity index (χ1) is 10.1. The third kappa shape index (κ3) is 6.00. The van der Waals surface area contributed by atoms with E-state index in [0.717, 1.165) is 11.8 Å². The first-order valence-corrected chi connectivity index (χ1v) is 7.30. The number of aromatic nitrogens is 3. The zero-order valence-corrected chi connectivity index (χ0v) is 12.7. The molecule has 2 amide bonds. The van der Waals surface area contributed by atoms with E-state index in [1.165, 1.54) is 4.57 Å². The summed E-state index contributed by atoms with van der Waals surface area (Å²) in [6, 6.07) is 0. The van der Waals surface area contributed by atoms with Crippen LogP contribution in [0, 0.1) is 0 Å². The number of hydrogen-bond donors (Lipinski definition) is 2. The lowest BCUT2D eigenvalue weighted by Gasteiger charge is -2.05. The number of methoxy groups -OCH3 is 1. The molecule has 21 heavy (non-hydrogen) atoms. The lowest BCUT2D eigenvalue weighted by atomic mass is 10.4. The molecule has 0 aromatic carbocycles. The average molecular weight is 318 g/mol. The van der Waals surface area contributed by atoms with E-state index in [2.05, 4.69) is 20.3 Å². The van der Waals surface area contributed by atoms with Crippen LogP contribution in [0.4, 0.5) is 4.79 Å². The summed E-state index contributed by atoms with van der Waals surface area (Å²) in [5, 5.41) is 8.60. The van der Waals surface area contributed by atoms with Gasteiger partial charge in [-0.3, -0.25) is 14.7 Å². The summed E-state index contributed by atoms with van der Waals surface area (Å²) in [7, 11) is 1.58. The first kappa shape index (κ1) is 17.2. The molecule has 10 heteroatoms. The van der Waals surface area contributed by atoms with Crippen molar-refractivity contribution in [2.45, 2.75) is 25.0 Å². The fourth-order valence-electron chi connectivity index (χ4n) is 1.42. The van der Waals surface area contributed by atoms with Crippen molar-refractivity contribution in [3.05, 3.63) is 10.5 Å². The highest BCUT2D eigenvalue weighted by molar-refractivity contribution is 7.99. The summed E-state index contributed by atoms with van der Waals surface area (Å²) >= 11 is 1.05.